The molecule has 0 saturated carbocycles. The third-order valence-electron chi connectivity index (χ3n) is 8.71. The van der Waals surface area contributed by atoms with E-state index in [1.807, 2.05) is 94.4 Å². The van der Waals surface area contributed by atoms with Crippen molar-refractivity contribution in [2.24, 2.45) is 0 Å². The van der Waals surface area contributed by atoms with Crippen LogP contribution in [-0.2, 0) is 16.9 Å². The van der Waals surface area contributed by atoms with Crippen LogP contribution in [0, 0.1) is 27.7 Å². The van der Waals surface area contributed by atoms with E-state index in [1.165, 1.54) is 16.2 Å². The Balaban J connectivity index is 1.46. The van der Waals surface area contributed by atoms with E-state index >= 15 is 4.79 Å². The largest absolute Gasteiger partial charge is 0.450 e. The van der Waals surface area contributed by atoms with Gasteiger partial charge in [0, 0.05) is 5.56 Å². The number of benzene rings is 4. The number of carbonyl (C=O) groups is 2. The lowest BCUT2D eigenvalue weighted by Gasteiger charge is -2.32. The molecule has 0 aliphatic carbocycles. The number of rotatable bonds is 3. The van der Waals surface area contributed by atoms with Gasteiger partial charge in [-0.25, -0.2) is 4.98 Å². The van der Waals surface area contributed by atoms with Crippen LogP contribution in [0.3, 0.4) is 0 Å². The summed E-state index contributed by atoms with van der Waals surface area (Å²) in [5.74, 6) is -1.08. The molecule has 1 atom stereocenters. The summed E-state index contributed by atoms with van der Waals surface area (Å²) in [4.78, 5) is 52.4. The van der Waals surface area contributed by atoms with E-state index in [1.54, 1.807) is 17.0 Å². The molecule has 2 aliphatic rings. The van der Waals surface area contributed by atoms with Crippen LogP contribution >= 0.6 is 11.3 Å². The molecule has 0 radical (unpaired) electrons. The summed E-state index contributed by atoms with van der Waals surface area (Å²) in [6, 6.07) is 24.8. The average Bonchev–Trinajstić information content (AvgIpc) is 3.60. The summed E-state index contributed by atoms with van der Waals surface area (Å²) in [6.45, 7) is 8.17. The van der Waals surface area contributed by atoms with Gasteiger partial charge in [-0.05, 0) is 68.7 Å². The molecule has 0 fully saturated rings. The second-order valence-electron chi connectivity index (χ2n) is 11.8. The van der Waals surface area contributed by atoms with Crippen molar-refractivity contribution in [1.29, 1.82) is 0 Å². The quantitative estimate of drug-likeness (QED) is 0.218. The number of aryl methyl sites for hydroxylation is 4. The zero-order valence-electron chi connectivity index (χ0n) is 24.6. The Morgan fingerprint density at radius 2 is 1.64 bits per heavy atom. The standard InChI is InChI=1S/C36H27N3O4S/c1-19-8-7-9-23(15-19)18-38-26-11-6-5-10-25(26)36(34(38)42)29-31(40)24-16-20(2)12-13-27(24)43-32(29)33(41)39(36)35-37-30-22(4)14-21(3)17-28(30)44-35/h5-17H,18H2,1-4H3. The van der Waals surface area contributed by atoms with E-state index in [4.69, 9.17) is 9.40 Å². The minimum Gasteiger partial charge on any atom is -0.450 e. The Bertz CT molecular complexity index is 2300. The predicted octanol–water partition coefficient (Wildman–Crippen LogP) is 7.09. The van der Waals surface area contributed by atoms with Gasteiger partial charge in [-0.1, -0.05) is 77.1 Å². The molecule has 1 spiro atoms. The van der Waals surface area contributed by atoms with Gasteiger partial charge in [-0.2, -0.15) is 0 Å². The van der Waals surface area contributed by atoms with Crippen molar-refractivity contribution < 1.29 is 14.0 Å². The van der Waals surface area contributed by atoms with Crippen LogP contribution in [0.5, 0.6) is 0 Å². The zero-order chi connectivity index (χ0) is 30.5. The fourth-order valence-corrected chi connectivity index (χ4v) is 8.07. The summed E-state index contributed by atoms with van der Waals surface area (Å²) >= 11 is 1.33. The molecule has 2 aromatic heterocycles. The van der Waals surface area contributed by atoms with Crippen molar-refractivity contribution in [3.8, 4) is 0 Å². The van der Waals surface area contributed by atoms with E-state index < -0.39 is 22.8 Å². The fourth-order valence-electron chi connectivity index (χ4n) is 6.88. The third kappa shape index (κ3) is 3.48. The van der Waals surface area contributed by atoms with Crippen LogP contribution in [0.2, 0.25) is 0 Å². The van der Waals surface area contributed by atoms with Crippen molar-refractivity contribution in [3.63, 3.8) is 0 Å². The summed E-state index contributed by atoms with van der Waals surface area (Å²) in [5.41, 5.74) is 5.02. The second kappa shape index (κ2) is 9.21. The lowest BCUT2D eigenvalue weighted by atomic mass is 9.84. The van der Waals surface area contributed by atoms with Crippen molar-refractivity contribution >= 4 is 55.2 Å². The molecule has 1 unspecified atom stereocenters. The highest BCUT2D eigenvalue weighted by Crippen LogP contribution is 2.55. The lowest BCUT2D eigenvalue weighted by Crippen LogP contribution is -2.53. The van der Waals surface area contributed by atoms with Gasteiger partial charge in [0.2, 0.25) is 5.76 Å². The van der Waals surface area contributed by atoms with E-state index in [0.29, 0.717) is 27.4 Å². The summed E-state index contributed by atoms with van der Waals surface area (Å²) in [7, 11) is 0. The molecular formula is C36H27N3O4S. The molecule has 6 aromatic rings. The Kier molecular flexibility index (Phi) is 5.55. The number of aromatic nitrogens is 1. The van der Waals surface area contributed by atoms with Crippen LogP contribution in [0.25, 0.3) is 21.2 Å². The van der Waals surface area contributed by atoms with Crippen molar-refractivity contribution in [3.05, 3.63) is 134 Å². The molecule has 2 amide bonds. The zero-order valence-corrected chi connectivity index (χ0v) is 25.4. The Hall–Kier alpha value is -5.08. The first kappa shape index (κ1) is 26.5. The fraction of sp³-hybridized carbons (Fsp3) is 0.167. The van der Waals surface area contributed by atoms with Gasteiger partial charge in [0.25, 0.3) is 11.8 Å². The van der Waals surface area contributed by atoms with Crippen LogP contribution in [0.4, 0.5) is 10.8 Å². The maximum Gasteiger partial charge on any atom is 0.297 e. The Labute approximate surface area is 257 Å². The summed E-state index contributed by atoms with van der Waals surface area (Å²) in [6.07, 6.45) is 0. The number of carbonyl (C=O) groups excluding carboxylic acids is 2. The maximum atomic E-state index is 15.2. The van der Waals surface area contributed by atoms with Gasteiger partial charge in [-0.3, -0.25) is 19.3 Å². The minimum atomic E-state index is -1.79. The predicted molar refractivity (Wildman–Crippen MR) is 173 cm³/mol. The van der Waals surface area contributed by atoms with Gasteiger partial charge >= 0.3 is 0 Å². The molecule has 216 valence electrons. The first-order chi connectivity index (χ1) is 21.2. The third-order valence-corrected chi connectivity index (χ3v) is 9.70. The SMILES string of the molecule is Cc1cccc(CN2C(=O)C3(c4ccccc42)c2c(oc4ccc(C)cc4c2=O)C(=O)N3c2nc3c(C)cc(C)cc3s2)c1. The first-order valence-electron chi connectivity index (χ1n) is 14.5. The Morgan fingerprint density at radius 3 is 2.45 bits per heavy atom. The number of thiazole rings is 1. The van der Waals surface area contributed by atoms with Crippen molar-refractivity contribution in [1.82, 2.24) is 4.98 Å². The summed E-state index contributed by atoms with van der Waals surface area (Å²) < 4.78 is 7.15. The maximum absolute atomic E-state index is 15.2. The highest BCUT2D eigenvalue weighted by Gasteiger charge is 2.66. The van der Waals surface area contributed by atoms with Crippen LogP contribution in [0.1, 0.15) is 49.5 Å². The minimum absolute atomic E-state index is 0.0388. The average molecular weight is 598 g/mol. The second-order valence-corrected chi connectivity index (χ2v) is 12.8. The molecule has 4 aromatic carbocycles. The molecule has 4 heterocycles. The monoisotopic (exact) mass is 597 g/mol. The number of amides is 2. The summed E-state index contributed by atoms with van der Waals surface area (Å²) in [5, 5.41) is 0.668. The molecule has 0 saturated heterocycles. The number of fused-ring (bicyclic) bond motifs is 6. The molecule has 44 heavy (non-hydrogen) atoms. The van der Waals surface area contributed by atoms with Crippen LogP contribution < -0.4 is 15.2 Å². The molecular weight excluding hydrogens is 570 g/mol. The van der Waals surface area contributed by atoms with Gasteiger partial charge in [0.05, 0.1) is 33.4 Å². The van der Waals surface area contributed by atoms with E-state index in [2.05, 4.69) is 0 Å². The highest BCUT2D eigenvalue weighted by atomic mass is 32.1. The first-order valence-corrected chi connectivity index (χ1v) is 15.3. The molecule has 0 N–H and O–H groups in total. The lowest BCUT2D eigenvalue weighted by molar-refractivity contribution is -0.121. The van der Waals surface area contributed by atoms with Gasteiger partial charge < -0.3 is 9.32 Å². The number of para-hydroxylation sites is 1. The molecule has 7 nitrogen and oxygen atoms in total. The number of nitrogens with zero attached hydrogens (tertiary/aromatic N) is 3. The number of anilines is 2. The molecule has 8 heteroatoms. The van der Waals surface area contributed by atoms with Crippen LogP contribution in [-0.4, -0.2) is 16.8 Å². The van der Waals surface area contributed by atoms with Gasteiger partial charge in [0.15, 0.2) is 16.1 Å². The van der Waals surface area contributed by atoms with Gasteiger partial charge in [-0.15, -0.1) is 0 Å². The normalized spacial score (nSPS) is 17.4. The van der Waals surface area contributed by atoms with E-state index in [9.17, 15) is 9.59 Å². The van der Waals surface area contributed by atoms with E-state index in [0.717, 1.165) is 38.0 Å². The molecule has 8 rings (SSSR count). The smallest absolute Gasteiger partial charge is 0.297 e. The van der Waals surface area contributed by atoms with Crippen molar-refractivity contribution in [2.75, 3.05) is 9.80 Å². The van der Waals surface area contributed by atoms with Crippen molar-refractivity contribution in [2.45, 2.75) is 39.8 Å². The number of hydrogen-bond acceptors (Lipinski definition) is 6. The Morgan fingerprint density at radius 1 is 0.841 bits per heavy atom. The van der Waals surface area contributed by atoms with Gasteiger partial charge in [0.1, 0.15) is 5.58 Å². The van der Waals surface area contributed by atoms with E-state index in [-0.39, 0.29) is 17.9 Å². The molecule has 2 aliphatic heterocycles. The topological polar surface area (TPSA) is 83.7 Å². The highest BCUT2D eigenvalue weighted by molar-refractivity contribution is 7.22. The molecule has 0 bridgehead atoms. The van der Waals surface area contributed by atoms with Crippen LogP contribution in [0.15, 0.2) is 88.1 Å². The number of hydrogen-bond donors (Lipinski definition) is 0.